The van der Waals surface area contributed by atoms with Crippen LogP contribution >= 0.6 is 0 Å². The molecule has 0 radical (unpaired) electrons. The summed E-state index contributed by atoms with van der Waals surface area (Å²) in [6, 6.07) is 0.329. The van der Waals surface area contributed by atoms with Crippen molar-refractivity contribution < 1.29 is 9.53 Å². The fourth-order valence-corrected chi connectivity index (χ4v) is 2.03. The summed E-state index contributed by atoms with van der Waals surface area (Å²) in [5.41, 5.74) is 0. The van der Waals surface area contributed by atoms with Crippen molar-refractivity contribution in [2.75, 3.05) is 13.2 Å². The monoisotopic (exact) mass is 179 g/mol. The molecule has 70 valence electrons. The van der Waals surface area contributed by atoms with E-state index in [2.05, 4.69) is 5.92 Å². The van der Waals surface area contributed by atoms with Crippen LogP contribution in [0.25, 0.3) is 0 Å². The van der Waals surface area contributed by atoms with E-state index in [0.29, 0.717) is 31.6 Å². The first-order valence-electron chi connectivity index (χ1n) is 4.66. The lowest BCUT2D eigenvalue weighted by Gasteiger charge is -2.26. The zero-order valence-corrected chi connectivity index (χ0v) is 7.53. The van der Waals surface area contributed by atoms with E-state index in [1.165, 1.54) is 0 Å². The minimum atomic E-state index is 0.189. The third-order valence-corrected chi connectivity index (χ3v) is 2.70. The molecule has 2 atom stereocenters. The van der Waals surface area contributed by atoms with Crippen molar-refractivity contribution in [3.8, 4) is 12.3 Å². The summed E-state index contributed by atoms with van der Waals surface area (Å²) in [7, 11) is 0. The number of amides is 1. The molecule has 0 spiro atoms. The molecule has 2 unspecified atom stereocenters. The second-order valence-corrected chi connectivity index (χ2v) is 3.60. The molecule has 0 aliphatic carbocycles. The minimum Gasteiger partial charge on any atom is -0.374 e. The third-order valence-electron chi connectivity index (χ3n) is 2.70. The number of nitrogens with zero attached hydrogens (tertiary/aromatic N) is 1. The van der Waals surface area contributed by atoms with Crippen LogP contribution in [0.1, 0.15) is 19.3 Å². The Morgan fingerprint density at radius 3 is 3.08 bits per heavy atom. The Labute approximate surface area is 78.0 Å². The maximum absolute atomic E-state index is 11.6. The number of ether oxygens (including phenoxy) is 1. The molecule has 0 N–H and O–H groups in total. The maximum atomic E-state index is 11.6. The van der Waals surface area contributed by atoms with Crippen molar-refractivity contribution in [3.05, 3.63) is 0 Å². The van der Waals surface area contributed by atoms with Crippen molar-refractivity contribution in [2.24, 2.45) is 0 Å². The average molecular weight is 179 g/mol. The quantitative estimate of drug-likeness (QED) is 0.574. The van der Waals surface area contributed by atoms with Crippen LogP contribution in [0.15, 0.2) is 0 Å². The first kappa shape index (κ1) is 8.58. The van der Waals surface area contributed by atoms with E-state index in [0.717, 1.165) is 13.0 Å². The van der Waals surface area contributed by atoms with Gasteiger partial charge in [-0.25, -0.2) is 0 Å². The second-order valence-electron chi connectivity index (χ2n) is 3.60. The Bertz CT molecular complexity index is 256. The summed E-state index contributed by atoms with van der Waals surface area (Å²) in [6.45, 7) is 1.49. The van der Waals surface area contributed by atoms with Crippen LogP contribution in [-0.4, -0.2) is 36.1 Å². The predicted molar refractivity (Wildman–Crippen MR) is 47.9 cm³/mol. The van der Waals surface area contributed by atoms with Crippen molar-refractivity contribution >= 4 is 5.91 Å². The number of hydrogen-bond donors (Lipinski definition) is 0. The molecule has 2 bridgehead atoms. The standard InChI is InChI=1S/C10H13NO2/c1-2-3-4-10(12)11-6-9-5-8(11)7-13-9/h1,8-9H,3-7H2. The highest BCUT2D eigenvalue weighted by Crippen LogP contribution is 2.28. The van der Waals surface area contributed by atoms with Crippen LogP contribution in [-0.2, 0) is 9.53 Å². The first-order valence-corrected chi connectivity index (χ1v) is 4.66. The lowest BCUT2D eigenvalue weighted by Crippen LogP contribution is -2.41. The van der Waals surface area contributed by atoms with Crippen LogP contribution in [0.3, 0.4) is 0 Å². The molecule has 2 aliphatic heterocycles. The largest absolute Gasteiger partial charge is 0.374 e. The van der Waals surface area contributed by atoms with Gasteiger partial charge in [0.15, 0.2) is 0 Å². The molecular formula is C10H13NO2. The van der Waals surface area contributed by atoms with Gasteiger partial charge in [0.2, 0.25) is 5.91 Å². The van der Waals surface area contributed by atoms with E-state index >= 15 is 0 Å². The highest BCUT2D eigenvalue weighted by Gasteiger charge is 2.40. The van der Waals surface area contributed by atoms with Crippen molar-refractivity contribution in [1.82, 2.24) is 4.90 Å². The first-order chi connectivity index (χ1) is 6.31. The number of carbonyl (C=O) groups excluding carboxylic acids is 1. The van der Waals surface area contributed by atoms with Crippen molar-refractivity contribution in [3.63, 3.8) is 0 Å². The van der Waals surface area contributed by atoms with Gasteiger partial charge in [-0.15, -0.1) is 12.3 Å². The van der Waals surface area contributed by atoms with Gasteiger partial charge in [-0.1, -0.05) is 0 Å². The molecule has 2 fully saturated rings. The molecule has 1 amide bonds. The summed E-state index contributed by atoms with van der Waals surface area (Å²) in [6.07, 6.45) is 7.45. The molecule has 0 saturated carbocycles. The molecule has 3 nitrogen and oxygen atoms in total. The summed E-state index contributed by atoms with van der Waals surface area (Å²) < 4.78 is 5.40. The van der Waals surface area contributed by atoms with Crippen molar-refractivity contribution in [1.29, 1.82) is 0 Å². The van der Waals surface area contributed by atoms with Gasteiger partial charge < -0.3 is 9.64 Å². The summed E-state index contributed by atoms with van der Waals surface area (Å²) in [4.78, 5) is 13.5. The second kappa shape index (κ2) is 3.39. The predicted octanol–water partition coefficient (Wildman–Crippen LogP) is 0.399. The van der Waals surface area contributed by atoms with Crippen LogP contribution in [0, 0.1) is 12.3 Å². The van der Waals surface area contributed by atoms with Crippen LogP contribution in [0.5, 0.6) is 0 Å². The van der Waals surface area contributed by atoms with Gasteiger partial charge in [-0.2, -0.15) is 0 Å². The molecule has 13 heavy (non-hydrogen) atoms. The minimum absolute atomic E-state index is 0.189. The zero-order chi connectivity index (χ0) is 9.26. The smallest absolute Gasteiger partial charge is 0.223 e. The van der Waals surface area contributed by atoms with Gasteiger partial charge in [0.25, 0.3) is 0 Å². The van der Waals surface area contributed by atoms with Gasteiger partial charge in [0.05, 0.1) is 18.8 Å². The average Bonchev–Trinajstić information content (AvgIpc) is 2.74. The van der Waals surface area contributed by atoms with Gasteiger partial charge in [-0.3, -0.25) is 4.79 Å². The number of fused-ring (bicyclic) bond motifs is 2. The van der Waals surface area contributed by atoms with E-state index in [1.807, 2.05) is 4.90 Å². The van der Waals surface area contributed by atoms with Gasteiger partial charge in [0, 0.05) is 19.4 Å². The van der Waals surface area contributed by atoms with Crippen LogP contribution < -0.4 is 0 Å². The van der Waals surface area contributed by atoms with E-state index in [-0.39, 0.29) is 5.91 Å². The summed E-state index contributed by atoms with van der Waals surface area (Å²) >= 11 is 0. The maximum Gasteiger partial charge on any atom is 0.223 e. The highest BCUT2D eigenvalue weighted by atomic mass is 16.5. The van der Waals surface area contributed by atoms with Crippen molar-refractivity contribution in [2.45, 2.75) is 31.4 Å². The topological polar surface area (TPSA) is 29.5 Å². The number of morpholine rings is 1. The summed E-state index contributed by atoms with van der Waals surface area (Å²) in [5, 5.41) is 0. The normalized spacial score (nSPS) is 30.5. The molecule has 0 aromatic heterocycles. The SMILES string of the molecule is C#CCCC(=O)N1CC2CC1CO2. The molecule has 2 aliphatic rings. The van der Waals surface area contributed by atoms with Gasteiger partial charge >= 0.3 is 0 Å². The fraction of sp³-hybridized carbons (Fsp3) is 0.700. The van der Waals surface area contributed by atoms with Crippen LogP contribution in [0.2, 0.25) is 0 Å². The number of carbonyl (C=O) groups is 1. The molecule has 2 rings (SSSR count). The number of terminal acetylenes is 1. The molecule has 0 aromatic carbocycles. The Hall–Kier alpha value is -1.01. The van der Waals surface area contributed by atoms with E-state index in [1.54, 1.807) is 0 Å². The van der Waals surface area contributed by atoms with E-state index < -0.39 is 0 Å². The molecule has 2 saturated heterocycles. The lowest BCUT2D eigenvalue weighted by atomic mass is 10.2. The molecule has 2 heterocycles. The Balaban J connectivity index is 1.88. The van der Waals surface area contributed by atoms with E-state index in [4.69, 9.17) is 11.2 Å². The Morgan fingerprint density at radius 1 is 1.69 bits per heavy atom. The molecule has 0 aromatic rings. The highest BCUT2D eigenvalue weighted by molar-refractivity contribution is 5.77. The Kier molecular flexibility index (Phi) is 2.24. The van der Waals surface area contributed by atoms with Gasteiger partial charge in [-0.05, 0) is 6.42 Å². The lowest BCUT2D eigenvalue weighted by molar-refractivity contribution is -0.135. The molecular weight excluding hydrogens is 166 g/mol. The Morgan fingerprint density at radius 2 is 2.54 bits per heavy atom. The number of likely N-dealkylation sites (tertiary alicyclic amines) is 1. The zero-order valence-electron chi connectivity index (χ0n) is 7.53. The van der Waals surface area contributed by atoms with Crippen LogP contribution in [0.4, 0.5) is 0 Å². The molecule has 3 heteroatoms. The summed E-state index contributed by atoms with van der Waals surface area (Å²) in [5.74, 6) is 2.68. The number of hydrogen-bond acceptors (Lipinski definition) is 2. The fourth-order valence-electron chi connectivity index (χ4n) is 2.03. The van der Waals surface area contributed by atoms with Gasteiger partial charge in [0.1, 0.15) is 0 Å². The number of rotatable bonds is 2. The van der Waals surface area contributed by atoms with E-state index in [9.17, 15) is 4.79 Å². The third kappa shape index (κ3) is 1.54.